The Bertz CT molecular complexity index is 1550. The van der Waals surface area contributed by atoms with Crippen molar-refractivity contribution >= 4 is 40.5 Å². The van der Waals surface area contributed by atoms with Crippen molar-refractivity contribution in [3.63, 3.8) is 0 Å². The number of hydrogen-bond donors (Lipinski definition) is 2. The zero-order chi connectivity index (χ0) is 29.1. The lowest BCUT2D eigenvalue weighted by Crippen LogP contribution is -2.53. The molecular formula is C28H27ClFN5O6. The quantitative estimate of drug-likeness (QED) is 0.159. The van der Waals surface area contributed by atoms with E-state index in [1.165, 1.54) is 10.9 Å². The minimum atomic E-state index is -2.38. The lowest BCUT2D eigenvalue weighted by molar-refractivity contribution is -0.192. The van der Waals surface area contributed by atoms with Crippen LogP contribution in [0.2, 0.25) is 5.28 Å². The van der Waals surface area contributed by atoms with Gasteiger partial charge in [0.1, 0.15) is 11.7 Å². The van der Waals surface area contributed by atoms with Crippen molar-refractivity contribution in [2.45, 2.75) is 43.9 Å². The van der Waals surface area contributed by atoms with Gasteiger partial charge in [0.25, 0.3) is 5.60 Å². The van der Waals surface area contributed by atoms with Crippen LogP contribution in [0.1, 0.15) is 25.1 Å². The third-order valence-electron chi connectivity index (χ3n) is 6.80. The number of carboxylic acids is 1. The van der Waals surface area contributed by atoms with Gasteiger partial charge in [-0.15, -0.1) is 0 Å². The van der Waals surface area contributed by atoms with E-state index in [0.29, 0.717) is 5.56 Å². The summed E-state index contributed by atoms with van der Waals surface area (Å²) >= 11 is 5.92. The number of esters is 1. The summed E-state index contributed by atoms with van der Waals surface area (Å²) in [4.78, 5) is 37.7. The number of alkyl halides is 1. The molecule has 3 N–H and O–H groups in total. The fourth-order valence-electron chi connectivity index (χ4n) is 4.77. The number of rotatable bonds is 10. The third kappa shape index (κ3) is 5.71. The van der Waals surface area contributed by atoms with Gasteiger partial charge < -0.3 is 25.1 Å². The normalized spacial score (nSPS) is 20.1. The maximum atomic E-state index is 15.2. The predicted molar refractivity (Wildman–Crippen MR) is 147 cm³/mol. The van der Waals surface area contributed by atoms with Gasteiger partial charge in [-0.3, -0.25) is 4.57 Å². The number of nitrogens with zero attached hydrogens (tertiary/aromatic N) is 4. The number of benzene rings is 2. The SMILES string of the molecule is CCOC(=O)C(Cc1ccc(-c2ccccc2)cc1)(OCC1CC(F)C(n2cnc3c(N)nc(Cl)nc32)O1)C(=O)O. The summed E-state index contributed by atoms with van der Waals surface area (Å²) in [5.74, 6) is -2.56. The van der Waals surface area contributed by atoms with Gasteiger partial charge in [-0.05, 0) is 35.2 Å². The molecule has 4 aromatic rings. The molecule has 2 aromatic heterocycles. The van der Waals surface area contributed by atoms with E-state index < -0.39 is 42.7 Å². The molecule has 4 unspecified atom stereocenters. The van der Waals surface area contributed by atoms with Crippen LogP contribution in [-0.2, 0) is 30.2 Å². The molecule has 41 heavy (non-hydrogen) atoms. The van der Waals surface area contributed by atoms with Crippen LogP contribution < -0.4 is 5.73 Å². The second-order valence-electron chi connectivity index (χ2n) is 9.51. The average molecular weight is 584 g/mol. The van der Waals surface area contributed by atoms with Gasteiger partial charge in [-0.2, -0.15) is 9.97 Å². The van der Waals surface area contributed by atoms with Crippen LogP contribution in [0.4, 0.5) is 10.2 Å². The summed E-state index contributed by atoms with van der Waals surface area (Å²) in [5.41, 5.74) is 6.32. The van der Waals surface area contributed by atoms with Gasteiger partial charge in [0.15, 0.2) is 17.7 Å². The van der Waals surface area contributed by atoms with Crippen LogP contribution in [0.5, 0.6) is 0 Å². The van der Waals surface area contributed by atoms with Crippen LogP contribution in [0.15, 0.2) is 60.9 Å². The van der Waals surface area contributed by atoms with Crippen LogP contribution in [0.25, 0.3) is 22.3 Å². The Kier molecular flexibility index (Phi) is 8.15. The first kappa shape index (κ1) is 28.4. The highest BCUT2D eigenvalue weighted by Gasteiger charge is 2.51. The molecule has 1 aliphatic rings. The standard InChI is InChI=1S/C28H27ClFN5O6/c1-2-39-26(38)28(25(36)37,13-16-8-10-18(11-9-16)17-6-4-3-5-7-17)40-14-19-12-20(30)24(41-19)35-15-32-21-22(31)33-27(29)34-23(21)35/h3-11,15,19-20,24H,2,12-14H2,1H3,(H,36,37)(H2,31,33,34). The lowest BCUT2D eigenvalue weighted by atomic mass is 9.92. The molecule has 4 atom stereocenters. The molecule has 1 aliphatic heterocycles. The zero-order valence-electron chi connectivity index (χ0n) is 21.9. The first-order valence-electron chi connectivity index (χ1n) is 12.9. The Balaban J connectivity index is 1.35. The first-order valence-corrected chi connectivity index (χ1v) is 13.2. The number of imidazole rings is 1. The lowest BCUT2D eigenvalue weighted by Gasteiger charge is -2.28. The summed E-state index contributed by atoms with van der Waals surface area (Å²) in [6.07, 6.45) is -2.72. The molecule has 0 radical (unpaired) electrons. The van der Waals surface area contributed by atoms with E-state index in [1.807, 2.05) is 42.5 Å². The number of nitrogens with two attached hydrogens (primary N) is 1. The highest BCUT2D eigenvalue weighted by molar-refractivity contribution is 6.28. The minimum absolute atomic E-state index is 0.0320. The Labute approximate surface area is 239 Å². The van der Waals surface area contributed by atoms with Crippen LogP contribution in [0.3, 0.4) is 0 Å². The molecule has 0 spiro atoms. The highest BCUT2D eigenvalue weighted by Crippen LogP contribution is 2.35. The van der Waals surface area contributed by atoms with E-state index in [2.05, 4.69) is 15.0 Å². The second kappa shape index (κ2) is 11.8. The molecule has 5 rings (SSSR count). The summed E-state index contributed by atoms with van der Waals surface area (Å²) in [6.45, 7) is 1.12. The number of nitrogen functional groups attached to an aromatic ring is 1. The maximum Gasteiger partial charge on any atom is 0.350 e. The van der Waals surface area contributed by atoms with E-state index in [4.69, 9.17) is 31.5 Å². The van der Waals surface area contributed by atoms with E-state index >= 15 is 4.39 Å². The summed E-state index contributed by atoms with van der Waals surface area (Å²) in [6, 6.07) is 16.8. The Hall–Kier alpha value is -4.13. The molecule has 1 fully saturated rings. The van der Waals surface area contributed by atoms with E-state index in [-0.39, 0.29) is 41.7 Å². The number of halogens is 2. The first-order chi connectivity index (χ1) is 19.7. The van der Waals surface area contributed by atoms with Gasteiger partial charge in [-0.1, -0.05) is 54.6 Å². The van der Waals surface area contributed by atoms with Crippen molar-refractivity contribution in [2.24, 2.45) is 0 Å². The number of carbonyl (C=O) groups excluding carboxylic acids is 1. The molecule has 214 valence electrons. The fraction of sp³-hybridized carbons (Fsp3) is 0.321. The van der Waals surface area contributed by atoms with Crippen molar-refractivity contribution in [2.75, 3.05) is 18.9 Å². The largest absolute Gasteiger partial charge is 0.479 e. The van der Waals surface area contributed by atoms with Crippen molar-refractivity contribution < 1.29 is 33.3 Å². The number of carbonyl (C=O) groups is 2. The topological polar surface area (TPSA) is 152 Å². The highest BCUT2D eigenvalue weighted by atomic mass is 35.5. The van der Waals surface area contributed by atoms with Crippen LogP contribution in [-0.4, -0.2) is 67.7 Å². The fourth-order valence-corrected chi connectivity index (χ4v) is 4.94. The molecule has 0 bridgehead atoms. The maximum absolute atomic E-state index is 15.2. The average Bonchev–Trinajstić information content (AvgIpc) is 3.54. The van der Waals surface area contributed by atoms with Gasteiger partial charge in [-0.25, -0.2) is 19.0 Å². The number of aromatic nitrogens is 4. The van der Waals surface area contributed by atoms with E-state index in [9.17, 15) is 14.7 Å². The number of hydrogen-bond acceptors (Lipinski definition) is 9. The smallest absolute Gasteiger partial charge is 0.350 e. The monoisotopic (exact) mass is 583 g/mol. The molecule has 2 aromatic carbocycles. The molecule has 0 aliphatic carbocycles. The van der Waals surface area contributed by atoms with E-state index in [1.54, 1.807) is 19.1 Å². The molecule has 13 heteroatoms. The van der Waals surface area contributed by atoms with Gasteiger partial charge in [0.2, 0.25) is 5.28 Å². The molecule has 11 nitrogen and oxygen atoms in total. The number of fused-ring (bicyclic) bond motifs is 1. The van der Waals surface area contributed by atoms with Crippen molar-refractivity contribution in [3.8, 4) is 11.1 Å². The number of carboxylic acid groups (broad SMARTS) is 1. The summed E-state index contributed by atoms with van der Waals surface area (Å²) in [7, 11) is 0. The third-order valence-corrected chi connectivity index (χ3v) is 6.97. The number of anilines is 1. The summed E-state index contributed by atoms with van der Waals surface area (Å²) < 4.78 is 33.3. The molecule has 3 heterocycles. The Morgan fingerprint density at radius 3 is 2.56 bits per heavy atom. The molecule has 1 saturated heterocycles. The Morgan fingerprint density at radius 1 is 1.17 bits per heavy atom. The van der Waals surface area contributed by atoms with Crippen molar-refractivity contribution in [1.82, 2.24) is 19.5 Å². The summed E-state index contributed by atoms with van der Waals surface area (Å²) in [5, 5.41) is 10.1. The predicted octanol–water partition coefficient (Wildman–Crippen LogP) is 4.00. The van der Waals surface area contributed by atoms with Crippen LogP contribution in [0, 0.1) is 0 Å². The molecular weight excluding hydrogens is 557 g/mol. The second-order valence-corrected chi connectivity index (χ2v) is 9.84. The Morgan fingerprint density at radius 2 is 1.88 bits per heavy atom. The number of ether oxygens (including phenoxy) is 3. The van der Waals surface area contributed by atoms with Gasteiger partial charge in [0, 0.05) is 12.8 Å². The van der Waals surface area contributed by atoms with Crippen molar-refractivity contribution in [3.05, 3.63) is 71.8 Å². The molecule has 0 saturated carbocycles. The van der Waals surface area contributed by atoms with Gasteiger partial charge >= 0.3 is 11.9 Å². The molecule has 0 amide bonds. The van der Waals surface area contributed by atoms with Crippen molar-refractivity contribution in [1.29, 1.82) is 0 Å². The van der Waals surface area contributed by atoms with E-state index in [0.717, 1.165) is 11.1 Å². The van der Waals surface area contributed by atoms with Gasteiger partial charge in [0.05, 0.1) is 25.6 Å². The number of aliphatic carboxylic acids is 1. The zero-order valence-corrected chi connectivity index (χ0v) is 22.7. The minimum Gasteiger partial charge on any atom is -0.479 e. The van der Waals surface area contributed by atoms with Crippen LogP contribution >= 0.6 is 11.6 Å².